The second kappa shape index (κ2) is 7.78. The molecule has 0 aliphatic heterocycles. The maximum Gasteiger partial charge on any atom is 0.433 e. The van der Waals surface area contributed by atoms with Gasteiger partial charge in [-0.25, -0.2) is 19.2 Å². The van der Waals surface area contributed by atoms with Crippen molar-refractivity contribution in [2.75, 3.05) is 10.6 Å². The van der Waals surface area contributed by atoms with Crippen LogP contribution in [0.1, 0.15) is 31.0 Å². The maximum atomic E-state index is 13.8. The van der Waals surface area contributed by atoms with Gasteiger partial charge >= 0.3 is 12.2 Å². The number of halogens is 5. The summed E-state index contributed by atoms with van der Waals surface area (Å²) in [6, 6.07) is 2.71. The topological polar surface area (TPSA) is 79.8 Å². The number of carbonyl (C=O) groups excluding carboxylic acids is 1. The second-order valence-electron chi connectivity index (χ2n) is 6.37. The molecular formula is C18H14ClF4N5O. The molecule has 2 N–H and O–H groups in total. The zero-order chi connectivity index (χ0) is 21.3. The van der Waals surface area contributed by atoms with Gasteiger partial charge in [-0.1, -0.05) is 25.4 Å². The van der Waals surface area contributed by atoms with Crippen molar-refractivity contribution in [2.45, 2.75) is 25.9 Å². The van der Waals surface area contributed by atoms with E-state index in [1.807, 2.05) is 13.8 Å². The number of carbonyl (C=O) groups is 1. The van der Waals surface area contributed by atoms with Crippen LogP contribution in [0.15, 0.2) is 30.6 Å². The highest BCUT2D eigenvalue weighted by Crippen LogP contribution is 2.32. The fourth-order valence-corrected chi connectivity index (χ4v) is 2.86. The fourth-order valence-electron chi connectivity index (χ4n) is 2.71. The molecule has 0 spiro atoms. The number of anilines is 2. The molecule has 0 atom stereocenters. The van der Waals surface area contributed by atoms with Gasteiger partial charge in [0.2, 0.25) is 0 Å². The largest absolute Gasteiger partial charge is 0.433 e. The Morgan fingerprint density at radius 2 is 1.79 bits per heavy atom. The van der Waals surface area contributed by atoms with Gasteiger partial charge in [-0.15, -0.1) is 0 Å². The number of alkyl halides is 3. The quantitative estimate of drug-likeness (QED) is 0.421. The molecule has 29 heavy (non-hydrogen) atoms. The summed E-state index contributed by atoms with van der Waals surface area (Å²) in [5.74, 6) is -1.21. The summed E-state index contributed by atoms with van der Waals surface area (Å²) in [5.41, 5.74) is -0.0722. The molecule has 11 heteroatoms. The van der Waals surface area contributed by atoms with Crippen LogP contribution in [0.3, 0.4) is 0 Å². The highest BCUT2D eigenvalue weighted by Gasteiger charge is 2.33. The molecule has 0 radical (unpaired) electrons. The molecule has 2 amide bonds. The van der Waals surface area contributed by atoms with E-state index in [1.165, 1.54) is 6.20 Å². The molecule has 3 aromatic heterocycles. The van der Waals surface area contributed by atoms with Crippen LogP contribution in [0.5, 0.6) is 0 Å². The Morgan fingerprint density at radius 3 is 2.45 bits per heavy atom. The molecule has 0 saturated heterocycles. The average molecular weight is 428 g/mol. The summed E-state index contributed by atoms with van der Waals surface area (Å²) in [6.07, 6.45) is -3.00. The van der Waals surface area contributed by atoms with E-state index in [1.54, 1.807) is 12.1 Å². The van der Waals surface area contributed by atoms with Crippen LogP contribution in [0, 0.1) is 5.82 Å². The van der Waals surface area contributed by atoms with Crippen LogP contribution in [0.4, 0.5) is 33.7 Å². The fraction of sp³-hybridized carbons (Fsp3) is 0.222. The van der Waals surface area contributed by atoms with Crippen molar-refractivity contribution in [3.63, 3.8) is 0 Å². The van der Waals surface area contributed by atoms with Crippen LogP contribution in [0.25, 0.3) is 11.0 Å². The molecular weight excluding hydrogens is 414 g/mol. The van der Waals surface area contributed by atoms with Crippen molar-refractivity contribution in [3.05, 3.63) is 52.8 Å². The number of rotatable bonds is 3. The van der Waals surface area contributed by atoms with Gasteiger partial charge in [0.1, 0.15) is 10.8 Å². The van der Waals surface area contributed by atoms with Crippen molar-refractivity contribution in [1.82, 2.24) is 15.0 Å². The number of pyridine rings is 3. The molecule has 0 bridgehead atoms. The Bertz CT molecular complexity index is 1090. The van der Waals surface area contributed by atoms with E-state index in [9.17, 15) is 22.4 Å². The van der Waals surface area contributed by atoms with E-state index >= 15 is 0 Å². The molecule has 6 nitrogen and oxygen atoms in total. The van der Waals surface area contributed by atoms with E-state index in [0.29, 0.717) is 28.9 Å². The monoisotopic (exact) mass is 427 g/mol. The predicted molar refractivity (Wildman–Crippen MR) is 100 cm³/mol. The molecule has 0 fully saturated rings. The van der Waals surface area contributed by atoms with Crippen molar-refractivity contribution in [1.29, 1.82) is 0 Å². The van der Waals surface area contributed by atoms with Gasteiger partial charge in [0.15, 0.2) is 5.82 Å². The Kier molecular flexibility index (Phi) is 5.56. The lowest BCUT2D eigenvalue weighted by Gasteiger charge is -2.16. The Balaban J connectivity index is 1.92. The van der Waals surface area contributed by atoms with Gasteiger partial charge in [0, 0.05) is 5.56 Å². The van der Waals surface area contributed by atoms with Gasteiger partial charge in [-0.3, -0.25) is 4.98 Å². The molecule has 0 unspecified atom stereocenters. The Labute approximate surface area is 167 Å². The predicted octanol–water partition coefficient (Wildman–Crippen LogP) is 5.60. The van der Waals surface area contributed by atoms with Crippen molar-refractivity contribution < 1.29 is 22.4 Å². The molecule has 152 valence electrons. The number of nitrogens with one attached hydrogen (secondary N) is 2. The first-order valence-electron chi connectivity index (χ1n) is 8.32. The molecule has 3 aromatic rings. The van der Waals surface area contributed by atoms with Crippen LogP contribution in [-0.4, -0.2) is 21.0 Å². The molecule has 0 aliphatic rings. The number of hydrogen-bond acceptors (Lipinski definition) is 4. The third-order valence-corrected chi connectivity index (χ3v) is 4.15. The van der Waals surface area contributed by atoms with Crippen LogP contribution in [-0.2, 0) is 6.18 Å². The molecule has 3 rings (SSSR count). The average Bonchev–Trinajstić information content (AvgIpc) is 2.61. The van der Waals surface area contributed by atoms with E-state index in [-0.39, 0.29) is 16.8 Å². The molecule has 0 aliphatic carbocycles. The van der Waals surface area contributed by atoms with Gasteiger partial charge in [0.25, 0.3) is 0 Å². The zero-order valence-corrected chi connectivity index (χ0v) is 15.9. The lowest BCUT2D eigenvalue weighted by molar-refractivity contribution is -0.141. The number of hydrogen-bond donors (Lipinski definition) is 2. The first-order valence-corrected chi connectivity index (χ1v) is 8.70. The Morgan fingerprint density at radius 1 is 1.10 bits per heavy atom. The van der Waals surface area contributed by atoms with E-state index in [0.717, 1.165) is 0 Å². The van der Waals surface area contributed by atoms with Crippen molar-refractivity contribution >= 4 is 40.0 Å². The van der Waals surface area contributed by atoms with Crippen LogP contribution >= 0.6 is 11.6 Å². The van der Waals surface area contributed by atoms with Gasteiger partial charge in [-0.05, 0) is 24.1 Å². The third-order valence-electron chi connectivity index (χ3n) is 3.94. The van der Waals surface area contributed by atoms with Crippen molar-refractivity contribution in [3.8, 4) is 0 Å². The van der Waals surface area contributed by atoms with Gasteiger partial charge in [-0.2, -0.15) is 13.2 Å². The van der Waals surface area contributed by atoms with E-state index in [2.05, 4.69) is 25.6 Å². The normalized spacial score (nSPS) is 11.7. The van der Waals surface area contributed by atoms with Crippen molar-refractivity contribution in [2.24, 2.45) is 0 Å². The number of amides is 2. The summed E-state index contributed by atoms with van der Waals surface area (Å²) in [4.78, 5) is 23.7. The minimum Gasteiger partial charge on any atom is -0.306 e. The zero-order valence-electron chi connectivity index (χ0n) is 15.1. The first-order chi connectivity index (χ1) is 13.6. The second-order valence-corrected chi connectivity index (χ2v) is 6.76. The number of nitrogens with zero attached hydrogens (tertiary/aromatic N) is 3. The molecule has 0 saturated carbocycles. The standard InChI is InChI=1S/C18H14ClF4N5O/c1-8(2)15-12(7-24-10-3-4-14(19)28-16(10)15)27-17(29)26-11-5-13(18(21,22)23)25-6-9(11)20/h3-8H,1-2H3,(H2,25,26,27,29). The maximum absolute atomic E-state index is 13.8. The SMILES string of the molecule is CC(C)c1c(NC(=O)Nc2cc(C(F)(F)F)ncc2F)cnc2ccc(Cl)nc12. The van der Waals surface area contributed by atoms with Crippen LogP contribution in [0.2, 0.25) is 5.15 Å². The van der Waals surface area contributed by atoms with E-state index < -0.39 is 29.4 Å². The van der Waals surface area contributed by atoms with Gasteiger partial charge in [0.05, 0.1) is 34.8 Å². The molecule has 3 heterocycles. The van der Waals surface area contributed by atoms with Gasteiger partial charge < -0.3 is 10.6 Å². The summed E-state index contributed by atoms with van der Waals surface area (Å²) < 4.78 is 52.1. The number of aromatic nitrogens is 3. The number of urea groups is 1. The number of fused-ring (bicyclic) bond motifs is 1. The van der Waals surface area contributed by atoms with E-state index in [4.69, 9.17) is 11.6 Å². The highest BCUT2D eigenvalue weighted by molar-refractivity contribution is 6.29. The minimum absolute atomic E-state index is 0.101. The lowest BCUT2D eigenvalue weighted by atomic mass is 10.0. The Hall–Kier alpha value is -3.01. The third kappa shape index (κ3) is 4.53. The summed E-state index contributed by atoms with van der Waals surface area (Å²) in [6.45, 7) is 3.72. The summed E-state index contributed by atoms with van der Waals surface area (Å²) in [5, 5.41) is 4.77. The summed E-state index contributed by atoms with van der Waals surface area (Å²) >= 11 is 5.95. The van der Waals surface area contributed by atoms with Crippen LogP contribution < -0.4 is 10.6 Å². The summed E-state index contributed by atoms with van der Waals surface area (Å²) in [7, 11) is 0. The molecule has 0 aromatic carbocycles. The first kappa shape index (κ1) is 20.7. The minimum atomic E-state index is -4.78. The lowest BCUT2D eigenvalue weighted by Crippen LogP contribution is -2.22. The highest BCUT2D eigenvalue weighted by atomic mass is 35.5. The smallest absolute Gasteiger partial charge is 0.306 e.